The number of aryl methyl sites for hydroxylation is 1. The average Bonchev–Trinajstić information content (AvgIpc) is 2.47. The predicted octanol–water partition coefficient (Wildman–Crippen LogP) is 3.60. The van der Waals surface area contributed by atoms with Crippen molar-refractivity contribution >= 4 is 17.6 Å². The summed E-state index contributed by atoms with van der Waals surface area (Å²) in [7, 11) is 0. The molecule has 0 aliphatic carbocycles. The fourth-order valence-electron chi connectivity index (χ4n) is 1.80. The molecule has 20 heavy (non-hydrogen) atoms. The van der Waals surface area contributed by atoms with Gasteiger partial charge in [-0.15, -0.1) is 0 Å². The molecule has 0 saturated heterocycles. The van der Waals surface area contributed by atoms with Gasteiger partial charge >= 0.3 is 0 Å². The summed E-state index contributed by atoms with van der Waals surface area (Å²) in [6.45, 7) is 6.42. The molecule has 0 aliphatic heterocycles. The van der Waals surface area contributed by atoms with Crippen LogP contribution in [0.15, 0.2) is 40.3 Å². The zero-order chi connectivity index (χ0) is 14.5. The molecule has 0 saturated carbocycles. The van der Waals surface area contributed by atoms with Crippen molar-refractivity contribution in [2.45, 2.75) is 43.0 Å². The van der Waals surface area contributed by atoms with Crippen LogP contribution in [0.25, 0.3) is 0 Å². The summed E-state index contributed by atoms with van der Waals surface area (Å²) in [4.78, 5) is 9.96. The highest BCUT2D eigenvalue weighted by atomic mass is 32.2. The molecule has 0 spiro atoms. The first-order chi connectivity index (χ1) is 9.62. The van der Waals surface area contributed by atoms with E-state index in [-0.39, 0.29) is 0 Å². The van der Waals surface area contributed by atoms with Crippen LogP contribution in [0.1, 0.15) is 38.1 Å². The molecular formula is C15H20N4S. The number of benzene rings is 1. The highest BCUT2D eigenvalue weighted by molar-refractivity contribution is 7.99. The molecule has 0 radical (unpaired) electrons. The predicted molar refractivity (Wildman–Crippen MR) is 83.9 cm³/mol. The molecule has 5 heteroatoms. The second-order valence-electron chi connectivity index (χ2n) is 4.83. The number of hydrogen-bond donors (Lipinski definition) is 2. The number of hydrazine groups is 1. The third-order valence-electron chi connectivity index (χ3n) is 2.98. The van der Waals surface area contributed by atoms with Crippen molar-refractivity contribution in [3.8, 4) is 0 Å². The number of nitrogen functional groups attached to an aromatic ring is 1. The number of hydrogen-bond acceptors (Lipinski definition) is 5. The lowest BCUT2D eigenvalue weighted by Gasteiger charge is -2.08. The third-order valence-corrected chi connectivity index (χ3v) is 3.91. The van der Waals surface area contributed by atoms with Gasteiger partial charge in [0.2, 0.25) is 0 Å². The molecule has 106 valence electrons. The summed E-state index contributed by atoms with van der Waals surface area (Å²) in [5, 5.41) is 0.905. The fraction of sp³-hybridized carbons (Fsp3) is 0.333. The normalized spacial score (nSPS) is 10.8. The van der Waals surface area contributed by atoms with Crippen LogP contribution in [-0.2, 0) is 6.42 Å². The highest BCUT2D eigenvalue weighted by Gasteiger charge is 2.05. The molecule has 3 N–H and O–H groups in total. The van der Waals surface area contributed by atoms with Gasteiger partial charge in [0, 0.05) is 17.4 Å². The number of anilines is 1. The van der Waals surface area contributed by atoms with Crippen LogP contribution in [0.5, 0.6) is 0 Å². The van der Waals surface area contributed by atoms with Gasteiger partial charge in [0.05, 0.1) is 0 Å². The van der Waals surface area contributed by atoms with E-state index in [9.17, 15) is 0 Å². The average molecular weight is 288 g/mol. The molecule has 1 aromatic heterocycles. The van der Waals surface area contributed by atoms with Gasteiger partial charge in [-0.1, -0.05) is 44.7 Å². The minimum Gasteiger partial charge on any atom is -0.308 e. The number of nitrogens with zero attached hydrogens (tertiary/aromatic N) is 2. The van der Waals surface area contributed by atoms with Crippen LogP contribution in [0.3, 0.4) is 0 Å². The molecule has 0 atom stereocenters. The van der Waals surface area contributed by atoms with Gasteiger partial charge in [-0.3, -0.25) is 0 Å². The number of rotatable bonds is 5. The molecule has 0 amide bonds. The van der Waals surface area contributed by atoms with Crippen molar-refractivity contribution < 1.29 is 0 Å². The molecule has 1 heterocycles. The first kappa shape index (κ1) is 14.8. The van der Waals surface area contributed by atoms with Crippen LogP contribution in [0.4, 0.5) is 5.82 Å². The van der Waals surface area contributed by atoms with Gasteiger partial charge in [-0.2, -0.15) is 0 Å². The van der Waals surface area contributed by atoms with E-state index in [0.717, 1.165) is 22.2 Å². The van der Waals surface area contributed by atoms with Gasteiger partial charge < -0.3 is 5.43 Å². The van der Waals surface area contributed by atoms with Crippen molar-refractivity contribution in [3.63, 3.8) is 0 Å². The Morgan fingerprint density at radius 2 is 1.90 bits per heavy atom. The SMILES string of the molecule is CCc1nc(NN)cc(Sc2ccc(C(C)C)cc2)n1. The van der Waals surface area contributed by atoms with Crippen molar-refractivity contribution in [3.05, 3.63) is 41.7 Å². The summed E-state index contributed by atoms with van der Waals surface area (Å²) in [6, 6.07) is 10.4. The van der Waals surface area contributed by atoms with Crippen molar-refractivity contribution in [1.82, 2.24) is 9.97 Å². The maximum atomic E-state index is 5.44. The summed E-state index contributed by atoms with van der Waals surface area (Å²) in [5.41, 5.74) is 3.93. The third kappa shape index (κ3) is 3.71. The minimum absolute atomic E-state index is 0.549. The van der Waals surface area contributed by atoms with Crippen LogP contribution >= 0.6 is 11.8 Å². The summed E-state index contributed by atoms with van der Waals surface area (Å²) < 4.78 is 0. The number of aromatic nitrogens is 2. The van der Waals surface area contributed by atoms with E-state index in [0.29, 0.717) is 11.7 Å². The van der Waals surface area contributed by atoms with Gasteiger partial charge in [0.15, 0.2) is 0 Å². The van der Waals surface area contributed by atoms with Crippen LogP contribution < -0.4 is 11.3 Å². The zero-order valence-corrected chi connectivity index (χ0v) is 12.9. The molecule has 0 unspecified atom stereocenters. The number of nitrogens with two attached hydrogens (primary N) is 1. The lowest BCUT2D eigenvalue weighted by molar-refractivity contribution is 0.864. The van der Waals surface area contributed by atoms with E-state index in [4.69, 9.17) is 5.84 Å². The van der Waals surface area contributed by atoms with Gasteiger partial charge in [-0.25, -0.2) is 15.8 Å². The Balaban J connectivity index is 2.20. The van der Waals surface area contributed by atoms with E-state index in [1.54, 1.807) is 11.8 Å². The second kappa shape index (κ2) is 6.72. The van der Waals surface area contributed by atoms with Crippen molar-refractivity contribution in [1.29, 1.82) is 0 Å². The van der Waals surface area contributed by atoms with Crippen molar-refractivity contribution in [2.24, 2.45) is 5.84 Å². The van der Waals surface area contributed by atoms with E-state index in [1.807, 2.05) is 13.0 Å². The van der Waals surface area contributed by atoms with Crippen LogP contribution in [0, 0.1) is 0 Å². The molecule has 0 fully saturated rings. The number of nitrogens with one attached hydrogen (secondary N) is 1. The Bertz CT molecular complexity index is 544. The van der Waals surface area contributed by atoms with E-state index < -0.39 is 0 Å². The smallest absolute Gasteiger partial charge is 0.144 e. The minimum atomic E-state index is 0.549. The van der Waals surface area contributed by atoms with Crippen LogP contribution in [-0.4, -0.2) is 9.97 Å². The second-order valence-corrected chi connectivity index (χ2v) is 5.93. The topological polar surface area (TPSA) is 63.8 Å². The Hall–Kier alpha value is -1.59. The monoisotopic (exact) mass is 288 g/mol. The maximum Gasteiger partial charge on any atom is 0.144 e. The molecule has 0 bridgehead atoms. The molecule has 1 aromatic carbocycles. The maximum absolute atomic E-state index is 5.44. The highest BCUT2D eigenvalue weighted by Crippen LogP contribution is 2.28. The largest absolute Gasteiger partial charge is 0.308 e. The van der Waals surface area contributed by atoms with E-state index in [2.05, 4.69) is 53.5 Å². The molecule has 2 rings (SSSR count). The van der Waals surface area contributed by atoms with Gasteiger partial charge in [0.1, 0.15) is 16.7 Å². The van der Waals surface area contributed by atoms with E-state index >= 15 is 0 Å². The summed E-state index contributed by atoms with van der Waals surface area (Å²) in [6.07, 6.45) is 0.787. The summed E-state index contributed by atoms with van der Waals surface area (Å²) in [5.74, 6) is 7.43. The Labute approximate surface area is 124 Å². The fourth-order valence-corrected chi connectivity index (χ4v) is 2.63. The van der Waals surface area contributed by atoms with Crippen LogP contribution in [0.2, 0.25) is 0 Å². The zero-order valence-electron chi connectivity index (χ0n) is 12.1. The molecule has 2 aromatic rings. The Morgan fingerprint density at radius 1 is 1.20 bits per heavy atom. The van der Waals surface area contributed by atoms with Gasteiger partial charge in [-0.05, 0) is 23.6 Å². The lowest BCUT2D eigenvalue weighted by Crippen LogP contribution is -2.10. The van der Waals surface area contributed by atoms with Crippen molar-refractivity contribution in [2.75, 3.05) is 5.43 Å². The molecule has 4 nitrogen and oxygen atoms in total. The summed E-state index contributed by atoms with van der Waals surface area (Å²) >= 11 is 1.62. The van der Waals surface area contributed by atoms with E-state index in [1.165, 1.54) is 5.56 Å². The first-order valence-corrected chi connectivity index (χ1v) is 7.56. The molecule has 0 aliphatic rings. The standard InChI is InChI=1S/C15H20N4S/c1-4-13-17-14(19-16)9-15(18-13)20-12-7-5-11(6-8-12)10(2)3/h5-10H,4,16H2,1-3H3,(H,17,18,19). The Morgan fingerprint density at radius 3 is 2.45 bits per heavy atom. The van der Waals surface area contributed by atoms with Gasteiger partial charge in [0.25, 0.3) is 0 Å². The Kier molecular flexibility index (Phi) is 4.98. The quantitative estimate of drug-likeness (QED) is 0.500. The first-order valence-electron chi connectivity index (χ1n) is 6.74. The molecular weight excluding hydrogens is 268 g/mol. The lowest BCUT2D eigenvalue weighted by atomic mass is 10.0.